The SMILES string of the molecule is CNO[Cl+3]([O-])([O-])[O-]. The fraction of sp³-hybridized carbons (Fsp3) is 1.00. The molecule has 44 valence electrons. The van der Waals surface area contributed by atoms with Gasteiger partial charge in [-0.25, -0.2) is 0 Å². The lowest BCUT2D eigenvalue weighted by atomic mass is 11.6. The van der Waals surface area contributed by atoms with E-state index >= 15 is 0 Å². The van der Waals surface area contributed by atoms with Gasteiger partial charge in [-0.15, -0.1) is 0 Å². The van der Waals surface area contributed by atoms with Gasteiger partial charge in [0.05, 0.1) is 0 Å². The zero-order valence-electron chi connectivity index (χ0n) is 3.51. The summed E-state index contributed by atoms with van der Waals surface area (Å²) in [7, 11) is -3.12. The molecule has 1 N–H and O–H groups in total. The Morgan fingerprint density at radius 1 is 1.43 bits per heavy atom. The fourth-order valence-electron chi connectivity index (χ4n) is 0.0945. The summed E-state index contributed by atoms with van der Waals surface area (Å²) in [6, 6.07) is 0. The van der Waals surface area contributed by atoms with Gasteiger partial charge in [-0.3, -0.25) is 0 Å². The van der Waals surface area contributed by atoms with Gasteiger partial charge in [0.25, 0.3) is 0 Å². The molecule has 0 unspecified atom stereocenters. The molecule has 0 aliphatic carbocycles. The normalized spacial score (nSPS) is 12.0. The topological polar surface area (TPSA) is 90.4 Å². The summed E-state index contributed by atoms with van der Waals surface area (Å²) in [5.41, 5.74) is 1.69. The summed E-state index contributed by atoms with van der Waals surface area (Å²) >= 11 is 0. The van der Waals surface area contributed by atoms with Crippen molar-refractivity contribution in [3.63, 3.8) is 0 Å². The number of hydrogen-bond donors (Lipinski definition) is 1. The van der Waals surface area contributed by atoms with Crippen LogP contribution in [0, 0.1) is 10.2 Å². The highest BCUT2D eigenvalue weighted by atomic mass is 35.7. The van der Waals surface area contributed by atoms with Crippen LogP contribution in [-0.2, 0) is 4.39 Å². The third-order valence-corrected chi connectivity index (χ3v) is 0.515. The van der Waals surface area contributed by atoms with Gasteiger partial charge in [0.1, 0.15) is 10.2 Å². The first-order valence-electron chi connectivity index (χ1n) is 1.32. The molecule has 0 aromatic rings. The molecule has 7 heavy (non-hydrogen) atoms. The predicted octanol–water partition coefficient (Wildman–Crippen LogP) is -3.97. The van der Waals surface area contributed by atoms with E-state index in [1.807, 2.05) is 0 Å². The van der Waals surface area contributed by atoms with Crippen LogP contribution < -0.4 is 19.5 Å². The van der Waals surface area contributed by atoms with Crippen molar-refractivity contribution in [2.75, 3.05) is 7.05 Å². The highest BCUT2D eigenvalue weighted by Crippen LogP contribution is 1.77. The van der Waals surface area contributed by atoms with E-state index in [1.165, 1.54) is 7.05 Å². The highest BCUT2D eigenvalue weighted by Gasteiger charge is 2.13. The quantitative estimate of drug-likeness (QED) is 0.384. The van der Waals surface area contributed by atoms with Gasteiger partial charge in [0.15, 0.2) is 4.39 Å². The summed E-state index contributed by atoms with van der Waals surface area (Å²) in [5.74, 6) is 0. The van der Waals surface area contributed by atoms with Crippen molar-refractivity contribution >= 4 is 0 Å². The lowest BCUT2D eigenvalue weighted by molar-refractivity contribution is -1.92. The van der Waals surface area contributed by atoms with Crippen LogP contribution in [0.5, 0.6) is 0 Å². The van der Waals surface area contributed by atoms with Crippen LogP contribution in [0.25, 0.3) is 0 Å². The third-order valence-electron chi connectivity index (χ3n) is 0.172. The van der Waals surface area contributed by atoms with Gasteiger partial charge < -0.3 is 0 Å². The largest absolute Gasteiger partial charge is 0.181 e. The Balaban J connectivity index is 3.15. The Morgan fingerprint density at radius 3 is 1.86 bits per heavy atom. The summed E-state index contributed by atoms with van der Waals surface area (Å²) in [5, 5.41) is 0. The smallest absolute Gasteiger partial charge is 0.176 e. The van der Waals surface area contributed by atoms with Crippen LogP contribution in [0.2, 0.25) is 0 Å². The first-order chi connectivity index (χ1) is 3.06. The molecule has 0 aromatic carbocycles. The molecular formula is CH4ClNO4. The molecule has 0 spiro atoms. The third kappa shape index (κ3) is 6.09. The summed E-state index contributed by atoms with van der Waals surface area (Å²) in [6.45, 7) is 0. The Bertz CT molecular complexity index is 50.1. The van der Waals surface area contributed by atoms with E-state index in [-0.39, 0.29) is 0 Å². The van der Waals surface area contributed by atoms with Crippen molar-refractivity contribution in [3.05, 3.63) is 0 Å². The molecule has 0 aromatic heterocycles. The van der Waals surface area contributed by atoms with Crippen LogP contribution in [0.3, 0.4) is 0 Å². The zero-order chi connectivity index (χ0) is 5.91. The maximum Gasteiger partial charge on any atom is 0.176 e. The second kappa shape index (κ2) is 2.41. The van der Waals surface area contributed by atoms with Crippen molar-refractivity contribution in [3.8, 4) is 0 Å². The summed E-state index contributed by atoms with van der Waals surface area (Å²) in [6.07, 6.45) is 0. The van der Waals surface area contributed by atoms with Crippen LogP contribution in [0.15, 0.2) is 0 Å². The number of hydrogen-bond acceptors (Lipinski definition) is 5. The van der Waals surface area contributed by atoms with E-state index in [1.54, 1.807) is 5.48 Å². The van der Waals surface area contributed by atoms with Crippen molar-refractivity contribution < 1.29 is 28.6 Å². The molecule has 0 atom stereocenters. The number of nitrogens with one attached hydrogen (secondary N) is 1. The van der Waals surface area contributed by atoms with E-state index in [4.69, 9.17) is 0 Å². The number of rotatable bonds is 2. The van der Waals surface area contributed by atoms with Crippen LogP contribution in [-0.4, -0.2) is 7.05 Å². The maximum atomic E-state index is 9.36. The average Bonchev–Trinajstić information content (AvgIpc) is 1.30. The summed E-state index contributed by atoms with van der Waals surface area (Å²) < 4.78 is 31.5. The van der Waals surface area contributed by atoms with Gasteiger partial charge in [0, 0.05) is 7.05 Å². The predicted molar refractivity (Wildman–Crippen MR) is 10.1 cm³/mol. The molecule has 0 amide bonds. The molecule has 5 nitrogen and oxygen atoms in total. The lowest BCUT2D eigenvalue weighted by Crippen LogP contribution is -2.62. The Labute approximate surface area is 42.2 Å². The van der Waals surface area contributed by atoms with Crippen molar-refractivity contribution in [2.45, 2.75) is 0 Å². The Kier molecular flexibility index (Phi) is 2.44. The van der Waals surface area contributed by atoms with Gasteiger partial charge in [-0.05, 0) is 0 Å². The van der Waals surface area contributed by atoms with Gasteiger partial charge in [0.2, 0.25) is 0 Å². The van der Waals surface area contributed by atoms with Gasteiger partial charge >= 0.3 is 0 Å². The standard InChI is InChI=1S/CH4ClNO4/c1-3-7-2(4,5)6/h3H,1H3. The molecule has 0 heterocycles. The highest BCUT2D eigenvalue weighted by molar-refractivity contribution is 3.69. The number of hydroxylamine groups is 1. The van der Waals surface area contributed by atoms with Crippen molar-refractivity contribution in [1.29, 1.82) is 0 Å². The van der Waals surface area contributed by atoms with Crippen LogP contribution >= 0.6 is 0 Å². The van der Waals surface area contributed by atoms with Gasteiger partial charge in [-0.1, -0.05) is 5.48 Å². The first-order valence-corrected chi connectivity index (χ1v) is 2.56. The van der Waals surface area contributed by atoms with E-state index in [0.717, 1.165) is 0 Å². The summed E-state index contributed by atoms with van der Waals surface area (Å²) in [4.78, 5) is 0. The van der Waals surface area contributed by atoms with E-state index in [0.29, 0.717) is 0 Å². The second-order valence-corrected chi connectivity index (χ2v) is 1.57. The average molecular weight is 129 g/mol. The monoisotopic (exact) mass is 129 g/mol. The molecule has 0 bridgehead atoms. The number of halogens is 1. The second-order valence-electron chi connectivity index (χ2n) is 0.659. The molecular weight excluding hydrogens is 125 g/mol. The lowest BCUT2D eigenvalue weighted by Gasteiger charge is -2.08. The van der Waals surface area contributed by atoms with E-state index in [9.17, 15) is 14.0 Å². The van der Waals surface area contributed by atoms with E-state index < -0.39 is 10.2 Å². The Hall–Kier alpha value is 0.0900. The molecule has 6 heteroatoms. The molecule has 0 aliphatic rings. The van der Waals surface area contributed by atoms with Crippen LogP contribution in [0.1, 0.15) is 0 Å². The van der Waals surface area contributed by atoms with Gasteiger partial charge in [-0.2, -0.15) is 14.0 Å². The molecule has 0 saturated heterocycles. The molecule has 0 radical (unpaired) electrons. The molecule has 0 fully saturated rings. The minimum absolute atomic E-state index is 1.17. The minimum Gasteiger partial charge on any atom is -0.181 e. The fourth-order valence-corrected chi connectivity index (χ4v) is 0.283. The molecule has 0 aliphatic heterocycles. The maximum absolute atomic E-state index is 9.36. The first kappa shape index (κ1) is 7.09. The minimum atomic E-state index is -4.29. The molecule has 0 saturated carbocycles. The Morgan fingerprint density at radius 2 is 1.86 bits per heavy atom. The van der Waals surface area contributed by atoms with Crippen LogP contribution in [0.4, 0.5) is 0 Å². The van der Waals surface area contributed by atoms with E-state index in [2.05, 4.69) is 4.39 Å². The van der Waals surface area contributed by atoms with Crippen molar-refractivity contribution in [1.82, 2.24) is 5.48 Å². The molecule has 0 rings (SSSR count). The van der Waals surface area contributed by atoms with Crippen molar-refractivity contribution in [2.24, 2.45) is 0 Å². The zero-order valence-corrected chi connectivity index (χ0v) is 4.27.